The van der Waals surface area contributed by atoms with Crippen LogP contribution in [0.25, 0.3) is 0 Å². The quantitative estimate of drug-likeness (QED) is 0.216. The summed E-state index contributed by atoms with van der Waals surface area (Å²) in [5, 5.41) is 7.86. The first kappa shape index (κ1) is 25.7. The van der Waals surface area contributed by atoms with Crippen molar-refractivity contribution < 1.29 is 14.3 Å². The van der Waals surface area contributed by atoms with Crippen molar-refractivity contribution in [2.45, 2.75) is 25.9 Å². The standard InChI is InChI=1S/C25H22BrCl2N3O3/c26-18-4-1-5-19(14-18)30-24(32)8-3-9-25(33)31-29-15-17-10-12-20(13-11-17)34-16-21-22(27)6-2-7-23(21)28/h1-2,4-7,10-15H,3,8-9,16H2,(H,30,32)(H,31,33)/b29-15-. The maximum atomic E-state index is 12.0. The number of rotatable bonds is 10. The maximum Gasteiger partial charge on any atom is 0.240 e. The molecule has 3 rings (SSSR count). The molecule has 0 heterocycles. The monoisotopic (exact) mass is 561 g/mol. The van der Waals surface area contributed by atoms with Gasteiger partial charge in [0.2, 0.25) is 11.8 Å². The smallest absolute Gasteiger partial charge is 0.240 e. The number of halogens is 3. The predicted molar refractivity (Wildman–Crippen MR) is 140 cm³/mol. The van der Waals surface area contributed by atoms with Crippen molar-refractivity contribution in [3.8, 4) is 5.75 Å². The molecule has 3 aromatic rings. The zero-order chi connectivity index (χ0) is 24.3. The average molecular weight is 563 g/mol. The van der Waals surface area contributed by atoms with Gasteiger partial charge in [0.15, 0.2) is 0 Å². The minimum Gasteiger partial charge on any atom is -0.489 e. The highest BCUT2D eigenvalue weighted by atomic mass is 79.9. The summed E-state index contributed by atoms with van der Waals surface area (Å²) >= 11 is 15.7. The van der Waals surface area contributed by atoms with E-state index in [2.05, 4.69) is 31.8 Å². The lowest BCUT2D eigenvalue weighted by Crippen LogP contribution is -2.18. The van der Waals surface area contributed by atoms with Crippen LogP contribution in [-0.2, 0) is 16.2 Å². The van der Waals surface area contributed by atoms with E-state index in [1.165, 1.54) is 6.21 Å². The summed E-state index contributed by atoms with van der Waals surface area (Å²) in [5.74, 6) is 0.245. The molecule has 0 aliphatic rings. The van der Waals surface area contributed by atoms with Gasteiger partial charge in [-0.1, -0.05) is 51.3 Å². The highest BCUT2D eigenvalue weighted by Gasteiger charge is 2.07. The molecule has 0 atom stereocenters. The molecule has 0 aliphatic heterocycles. The Bertz CT molecular complexity index is 1150. The van der Waals surface area contributed by atoms with Crippen molar-refractivity contribution in [3.63, 3.8) is 0 Å². The van der Waals surface area contributed by atoms with Crippen LogP contribution in [0.3, 0.4) is 0 Å². The van der Waals surface area contributed by atoms with E-state index < -0.39 is 0 Å². The van der Waals surface area contributed by atoms with Gasteiger partial charge in [-0.3, -0.25) is 9.59 Å². The molecule has 0 fully saturated rings. The number of hydrogen-bond acceptors (Lipinski definition) is 4. The molecule has 0 aromatic heterocycles. The van der Waals surface area contributed by atoms with E-state index >= 15 is 0 Å². The molecule has 0 bridgehead atoms. The maximum absolute atomic E-state index is 12.0. The Labute approximate surface area is 216 Å². The van der Waals surface area contributed by atoms with Gasteiger partial charge in [-0.15, -0.1) is 0 Å². The molecule has 34 heavy (non-hydrogen) atoms. The van der Waals surface area contributed by atoms with E-state index in [0.29, 0.717) is 27.9 Å². The Morgan fingerprint density at radius 2 is 1.62 bits per heavy atom. The summed E-state index contributed by atoms with van der Waals surface area (Å²) in [6.07, 6.45) is 2.39. The second-order valence-electron chi connectivity index (χ2n) is 7.26. The zero-order valence-corrected chi connectivity index (χ0v) is 21.2. The molecule has 9 heteroatoms. The fourth-order valence-electron chi connectivity index (χ4n) is 2.91. The van der Waals surface area contributed by atoms with Crippen LogP contribution in [0.5, 0.6) is 5.75 Å². The van der Waals surface area contributed by atoms with Crippen molar-refractivity contribution in [1.29, 1.82) is 0 Å². The summed E-state index contributed by atoms with van der Waals surface area (Å²) in [4.78, 5) is 23.9. The first-order chi connectivity index (χ1) is 16.4. The van der Waals surface area contributed by atoms with Gasteiger partial charge >= 0.3 is 0 Å². The lowest BCUT2D eigenvalue weighted by atomic mass is 10.2. The normalized spacial score (nSPS) is 10.8. The zero-order valence-electron chi connectivity index (χ0n) is 18.1. The fraction of sp³-hybridized carbons (Fsp3) is 0.160. The van der Waals surface area contributed by atoms with Crippen LogP contribution >= 0.6 is 39.1 Å². The molecule has 0 unspecified atom stereocenters. The summed E-state index contributed by atoms with van der Waals surface area (Å²) in [6, 6.07) is 19.8. The van der Waals surface area contributed by atoms with Crippen LogP contribution in [0.1, 0.15) is 30.4 Å². The first-order valence-corrected chi connectivity index (χ1v) is 12.0. The topological polar surface area (TPSA) is 79.8 Å². The summed E-state index contributed by atoms with van der Waals surface area (Å²) in [5.41, 5.74) is 4.69. The third-order valence-electron chi connectivity index (χ3n) is 4.64. The Morgan fingerprint density at radius 1 is 0.941 bits per heavy atom. The SMILES string of the molecule is O=C(CCCC(=O)Nc1cccc(Br)c1)N/N=C\c1ccc(OCc2c(Cl)cccc2Cl)cc1. The molecule has 0 radical (unpaired) electrons. The molecule has 2 N–H and O–H groups in total. The Balaban J connectivity index is 1.36. The molecule has 2 amide bonds. The molecule has 0 aliphatic carbocycles. The van der Waals surface area contributed by atoms with Gasteiger partial charge in [-0.25, -0.2) is 5.43 Å². The van der Waals surface area contributed by atoms with Gasteiger partial charge in [0.05, 0.1) is 6.21 Å². The number of benzene rings is 3. The van der Waals surface area contributed by atoms with Crippen LogP contribution in [0.15, 0.2) is 76.3 Å². The van der Waals surface area contributed by atoms with Crippen LogP contribution in [0.2, 0.25) is 10.0 Å². The van der Waals surface area contributed by atoms with Crippen LogP contribution in [-0.4, -0.2) is 18.0 Å². The minimum absolute atomic E-state index is 0.145. The van der Waals surface area contributed by atoms with Crippen molar-refractivity contribution >= 4 is 62.8 Å². The Morgan fingerprint density at radius 3 is 2.32 bits per heavy atom. The van der Waals surface area contributed by atoms with Crippen molar-refractivity contribution in [1.82, 2.24) is 5.43 Å². The molecule has 0 saturated carbocycles. The van der Waals surface area contributed by atoms with Gasteiger partial charge in [-0.2, -0.15) is 5.10 Å². The number of carbonyl (C=O) groups is 2. The lowest BCUT2D eigenvalue weighted by Gasteiger charge is -2.09. The van der Waals surface area contributed by atoms with Gasteiger partial charge in [0.1, 0.15) is 12.4 Å². The van der Waals surface area contributed by atoms with E-state index in [1.807, 2.05) is 30.3 Å². The van der Waals surface area contributed by atoms with E-state index in [1.54, 1.807) is 36.4 Å². The van der Waals surface area contributed by atoms with Gasteiger partial charge in [0, 0.05) is 38.6 Å². The number of hydrogen-bond donors (Lipinski definition) is 2. The Hall–Kier alpha value is -2.87. The second kappa shape index (κ2) is 13.1. The van der Waals surface area contributed by atoms with Crippen LogP contribution < -0.4 is 15.5 Å². The number of ether oxygens (including phenoxy) is 1. The second-order valence-corrected chi connectivity index (χ2v) is 8.99. The summed E-state index contributed by atoms with van der Waals surface area (Å²) < 4.78 is 6.62. The van der Waals surface area contributed by atoms with E-state index in [4.69, 9.17) is 27.9 Å². The molecule has 0 saturated heterocycles. The number of nitrogens with zero attached hydrogens (tertiary/aromatic N) is 1. The molecule has 176 valence electrons. The third kappa shape index (κ3) is 8.48. The van der Waals surface area contributed by atoms with Crippen molar-refractivity contribution in [2.24, 2.45) is 5.10 Å². The number of carbonyl (C=O) groups excluding carboxylic acids is 2. The average Bonchev–Trinajstić information content (AvgIpc) is 2.80. The number of anilines is 1. The minimum atomic E-state index is -0.261. The van der Waals surface area contributed by atoms with Crippen molar-refractivity contribution in [3.05, 3.63) is 92.4 Å². The van der Waals surface area contributed by atoms with Crippen LogP contribution in [0, 0.1) is 0 Å². The van der Waals surface area contributed by atoms with Gasteiger partial charge < -0.3 is 10.1 Å². The number of nitrogens with one attached hydrogen (secondary N) is 2. The molecule has 3 aromatic carbocycles. The molecular formula is C25H22BrCl2N3O3. The Kier molecular flexibility index (Phi) is 9.94. The predicted octanol–water partition coefficient (Wildman–Crippen LogP) is 6.59. The summed E-state index contributed by atoms with van der Waals surface area (Å²) in [7, 11) is 0. The van der Waals surface area contributed by atoms with E-state index in [9.17, 15) is 9.59 Å². The molecule has 6 nitrogen and oxygen atoms in total. The van der Waals surface area contributed by atoms with Crippen molar-refractivity contribution in [2.75, 3.05) is 5.32 Å². The van der Waals surface area contributed by atoms with E-state index in [0.717, 1.165) is 15.6 Å². The molecular weight excluding hydrogens is 541 g/mol. The van der Waals surface area contributed by atoms with Gasteiger partial charge in [-0.05, 0) is 66.6 Å². The van der Waals surface area contributed by atoms with E-state index in [-0.39, 0.29) is 31.3 Å². The largest absolute Gasteiger partial charge is 0.489 e. The molecule has 0 spiro atoms. The summed E-state index contributed by atoms with van der Waals surface area (Å²) in [6.45, 7) is 0.253. The van der Waals surface area contributed by atoms with Crippen LogP contribution in [0.4, 0.5) is 5.69 Å². The first-order valence-electron chi connectivity index (χ1n) is 10.4. The number of hydrazone groups is 1. The number of amides is 2. The highest BCUT2D eigenvalue weighted by molar-refractivity contribution is 9.10. The van der Waals surface area contributed by atoms with Gasteiger partial charge in [0.25, 0.3) is 0 Å². The fourth-order valence-corrected chi connectivity index (χ4v) is 3.82. The third-order valence-corrected chi connectivity index (χ3v) is 5.85. The highest BCUT2D eigenvalue weighted by Crippen LogP contribution is 2.26. The lowest BCUT2D eigenvalue weighted by molar-refractivity contribution is -0.121.